The van der Waals surface area contributed by atoms with Gasteiger partial charge in [-0.2, -0.15) is 4.31 Å². The first-order valence-electron chi connectivity index (χ1n) is 8.98. The third-order valence-corrected chi connectivity index (χ3v) is 7.24. The number of benzene rings is 1. The average Bonchev–Trinajstić information content (AvgIpc) is 2.68. The summed E-state index contributed by atoms with van der Waals surface area (Å²) in [6.45, 7) is 1.06. The maximum atomic E-state index is 12.8. The van der Waals surface area contributed by atoms with Gasteiger partial charge >= 0.3 is 5.97 Å². The fraction of sp³-hybridized carbons (Fsp3) is 0.556. The van der Waals surface area contributed by atoms with Gasteiger partial charge in [-0.1, -0.05) is 31.0 Å². The third kappa shape index (κ3) is 3.76. The first-order chi connectivity index (χ1) is 12.4. The molecule has 0 unspecified atom stereocenters. The molecule has 1 aliphatic carbocycles. The van der Waals surface area contributed by atoms with Crippen molar-refractivity contribution in [2.75, 3.05) is 26.2 Å². The van der Waals surface area contributed by atoms with Crippen LogP contribution in [0.4, 0.5) is 0 Å². The molecule has 1 saturated carbocycles. The van der Waals surface area contributed by atoms with E-state index in [0.29, 0.717) is 25.9 Å². The lowest BCUT2D eigenvalue weighted by molar-refractivity contribution is -0.152. The van der Waals surface area contributed by atoms with E-state index in [4.69, 9.17) is 0 Å². The molecule has 8 heteroatoms. The molecule has 1 aromatic carbocycles. The van der Waals surface area contributed by atoms with Gasteiger partial charge in [0.25, 0.3) is 0 Å². The molecule has 0 aromatic heterocycles. The quantitative estimate of drug-likeness (QED) is 0.852. The molecule has 0 spiro atoms. The molecule has 1 N–H and O–H groups in total. The smallest absolute Gasteiger partial charge is 0.307 e. The molecule has 1 aromatic rings. The number of hydrogen-bond donors (Lipinski definition) is 1. The SMILES string of the molecule is O=C(O)[C@@H]1CCCC[C@H]1C(=O)N1CCN(S(=O)(=O)c2ccccc2)CC1. The highest BCUT2D eigenvalue weighted by molar-refractivity contribution is 7.89. The van der Waals surface area contributed by atoms with Gasteiger partial charge in [0.2, 0.25) is 15.9 Å². The van der Waals surface area contributed by atoms with Crippen LogP contribution in [0.1, 0.15) is 25.7 Å². The van der Waals surface area contributed by atoms with Gasteiger partial charge in [0.1, 0.15) is 0 Å². The first kappa shape index (κ1) is 18.8. The number of carboxylic acids is 1. The number of carboxylic acid groups (broad SMARTS) is 1. The number of rotatable bonds is 4. The van der Waals surface area contributed by atoms with Crippen molar-refractivity contribution < 1.29 is 23.1 Å². The summed E-state index contributed by atoms with van der Waals surface area (Å²) in [6, 6.07) is 8.25. The summed E-state index contributed by atoms with van der Waals surface area (Å²) in [5, 5.41) is 9.37. The van der Waals surface area contributed by atoms with E-state index >= 15 is 0 Å². The second-order valence-electron chi connectivity index (χ2n) is 6.88. The molecular formula is C18H24N2O5S. The maximum absolute atomic E-state index is 12.8. The molecule has 2 aliphatic rings. The van der Waals surface area contributed by atoms with Gasteiger partial charge in [-0.15, -0.1) is 0 Å². The third-order valence-electron chi connectivity index (χ3n) is 5.33. The van der Waals surface area contributed by atoms with Crippen LogP contribution in [-0.2, 0) is 19.6 Å². The standard InChI is InChI=1S/C18H24N2O5S/c21-17(15-8-4-5-9-16(15)18(22)23)19-10-12-20(13-11-19)26(24,25)14-6-2-1-3-7-14/h1-3,6-7,15-16H,4-5,8-13H2,(H,22,23)/t15-,16-/m1/s1. The molecule has 1 amide bonds. The fourth-order valence-corrected chi connectivity index (χ4v) is 5.29. The predicted octanol–water partition coefficient (Wildman–Crippen LogP) is 1.41. The van der Waals surface area contributed by atoms with Gasteiger partial charge in [-0.25, -0.2) is 8.42 Å². The molecule has 0 bridgehead atoms. The van der Waals surface area contributed by atoms with E-state index in [1.165, 1.54) is 4.31 Å². The monoisotopic (exact) mass is 380 g/mol. The highest BCUT2D eigenvalue weighted by Gasteiger charge is 2.39. The van der Waals surface area contributed by atoms with Crippen molar-refractivity contribution in [3.8, 4) is 0 Å². The second kappa shape index (κ2) is 7.75. The first-order valence-corrected chi connectivity index (χ1v) is 10.4. The lowest BCUT2D eigenvalue weighted by Gasteiger charge is -2.37. The van der Waals surface area contributed by atoms with Crippen molar-refractivity contribution in [3.05, 3.63) is 30.3 Å². The summed E-state index contributed by atoms with van der Waals surface area (Å²) in [6.07, 6.45) is 2.83. The minimum absolute atomic E-state index is 0.145. The zero-order chi connectivity index (χ0) is 18.7. The van der Waals surface area contributed by atoms with Crippen molar-refractivity contribution in [3.63, 3.8) is 0 Å². The summed E-state index contributed by atoms with van der Waals surface area (Å²) in [7, 11) is -3.56. The Labute approximate surface area is 153 Å². The van der Waals surface area contributed by atoms with Gasteiger partial charge in [0, 0.05) is 26.2 Å². The lowest BCUT2D eigenvalue weighted by atomic mass is 9.78. The zero-order valence-electron chi connectivity index (χ0n) is 14.6. The van der Waals surface area contributed by atoms with E-state index < -0.39 is 27.8 Å². The lowest BCUT2D eigenvalue weighted by Crippen LogP contribution is -2.53. The van der Waals surface area contributed by atoms with Crippen LogP contribution in [0.2, 0.25) is 0 Å². The minimum atomic E-state index is -3.56. The molecule has 26 heavy (non-hydrogen) atoms. The van der Waals surface area contributed by atoms with Crippen LogP contribution in [0.25, 0.3) is 0 Å². The van der Waals surface area contributed by atoms with Crippen molar-refractivity contribution >= 4 is 21.9 Å². The number of nitrogens with zero attached hydrogens (tertiary/aromatic N) is 2. The highest BCUT2D eigenvalue weighted by atomic mass is 32.2. The van der Waals surface area contributed by atoms with Gasteiger partial charge in [0.15, 0.2) is 0 Å². The highest BCUT2D eigenvalue weighted by Crippen LogP contribution is 2.32. The van der Waals surface area contributed by atoms with Gasteiger partial charge in [0.05, 0.1) is 16.7 Å². The van der Waals surface area contributed by atoms with Crippen molar-refractivity contribution in [2.24, 2.45) is 11.8 Å². The van der Waals surface area contributed by atoms with Crippen molar-refractivity contribution in [1.29, 1.82) is 0 Å². The molecule has 142 valence electrons. The fourth-order valence-electron chi connectivity index (χ4n) is 3.85. The number of piperazine rings is 1. The zero-order valence-corrected chi connectivity index (χ0v) is 15.4. The average molecular weight is 380 g/mol. The summed E-state index contributed by atoms with van der Waals surface area (Å²) >= 11 is 0. The van der Waals surface area contributed by atoms with Crippen LogP contribution in [-0.4, -0.2) is 60.8 Å². The van der Waals surface area contributed by atoms with Gasteiger partial charge in [-0.05, 0) is 25.0 Å². The van der Waals surface area contributed by atoms with Crippen molar-refractivity contribution in [1.82, 2.24) is 9.21 Å². The summed E-state index contributed by atoms with van der Waals surface area (Å²) in [5.74, 6) is -2.16. The molecule has 1 saturated heterocycles. The van der Waals surface area contributed by atoms with Crippen molar-refractivity contribution in [2.45, 2.75) is 30.6 Å². The molecular weight excluding hydrogens is 356 g/mol. The predicted molar refractivity (Wildman–Crippen MR) is 94.9 cm³/mol. The summed E-state index contributed by atoms with van der Waals surface area (Å²) < 4.78 is 26.7. The van der Waals surface area contributed by atoms with Crippen LogP contribution < -0.4 is 0 Å². The Hall–Kier alpha value is -1.93. The Morgan fingerprint density at radius 2 is 1.50 bits per heavy atom. The van der Waals surface area contributed by atoms with E-state index in [1.807, 2.05) is 0 Å². The Morgan fingerprint density at radius 3 is 2.08 bits per heavy atom. The van der Waals surface area contributed by atoms with E-state index in [9.17, 15) is 23.1 Å². The maximum Gasteiger partial charge on any atom is 0.307 e. The Kier molecular flexibility index (Phi) is 5.62. The minimum Gasteiger partial charge on any atom is -0.481 e. The Bertz CT molecular complexity index is 757. The van der Waals surface area contributed by atoms with E-state index in [0.717, 1.165) is 12.8 Å². The van der Waals surface area contributed by atoms with Crippen LogP contribution in [0.15, 0.2) is 35.2 Å². The summed E-state index contributed by atoms with van der Waals surface area (Å²) in [4.78, 5) is 26.1. The number of carbonyl (C=O) groups is 2. The molecule has 0 radical (unpaired) electrons. The molecule has 1 heterocycles. The van der Waals surface area contributed by atoms with Gasteiger partial charge in [-0.3, -0.25) is 9.59 Å². The number of hydrogen-bond acceptors (Lipinski definition) is 4. The Morgan fingerprint density at radius 1 is 0.923 bits per heavy atom. The van der Waals surface area contributed by atoms with Crippen LogP contribution in [0.5, 0.6) is 0 Å². The van der Waals surface area contributed by atoms with Crippen LogP contribution in [0, 0.1) is 11.8 Å². The molecule has 7 nitrogen and oxygen atoms in total. The number of sulfonamides is 1. The Balaban J connectivity index is 1.65. The molecule has 2 fully saturated rings. The van der Waals surface area contributed by atoms with Gasteiger partial charge < -0.3 is 10.0 Å². The normalized spacial score (nSPS) is 25.0. The molecule has 3 rings (SSSR count). The van der Waals surface area contributed by atoms with E-state index in [2.05, 4.69) is 0 Å². The second-order valence-corrected chi connectivity index (χ2v) is 8.82. The van der Waals surface area contributed by atoms with E-state index in [-0.39, 0.29) is 23.9 Å². The number of carbonyl (C=O) groups excluding carboxylic acids is 1. The topological polar surface area (TPSA) is 95.0 Å². The summed E-state index contributed by atoms with van der Waals surface area (Å²) in [5.41, 5.74) is 0. The number of aliphatic carboxylic acids is 1. The van der Waals surface area contributed by atoms with Crippen LogP contribution >= 0.6 is 0 Å². The molecule has 1 aliphatic heterocycles. The largest absolute Gasteiger partial charge is 0.481 e. The van der Waals surface area contributed by atoms with E-state index in [1.54, 1.807) is 35.2 Å². The van der Waals surface area contributed by atoms with Crippen LogP contribution in [0.3, 0.4) is 0 Å². The number of amides is 1. The molecule has 2 atom stereocenters.